The number of aliphatic hydroxyl groups is 2. The first-order valence-electron chi connectivity index (χ1n) is 8.13. The third-order valence-corrected chi connectivity index (χ3v) is 3.66. The zero-order chi connectivity index (χ0) is 15.8. The van der Waals surface area contributed by atoms with Crippen LogP contribution < -0.4 is 0 Å². The summed E-state index contributed by atoms with van der Waals surface area (Å²) in [5.74, 6) is 1.16. The van der Waals surface area contributed by atoms with Crippen LogP contribution >= 0.6 is 0 Å². The zero-order valence-corrected chi connectivity index (χ0v) is 14.4. The van der Waals surface area contributed by atoms with Crippen molar-refractivity contribution in [2.75, 3.05) is 0 Å². The van der Waals surface area contributed by atoms with Crippen LogP contribution in [0.25, 0.3) is 0 Å². The molecule has 2 nitrogen and oxygen atoms in total. The fourth-order valence-corrected chi connectivity index (χ4v) is 2.29. The molecule has 0 aromatic carbocycles. The smallest absolute Gasteiger partial charge is 0.0591 e. The average Bonchev–Trinajstić information content (AvgIpc) is 2.22. The van der Waals surface area contributed by atoms with Gasteiger partial charge in [-0.05, 0) is 65.2 Å². The molecule has 0 bridgehead atoms. The van der Waals surface area contributed by atoms with E-state index in [1.807, 2.05) is 27.7 Å². The highest BCUT2D eigenvalue weighted by Crippen LogP contribution is 2.19. The van der Waals surface area contributed by atoms with Crippen LogP contribution in [0.5, 0.6) is 0 Å². The van der Waals surface area contributed by atoms with E-state index in [4.69, 9.17) is 0 Å². The van der Waals surface area contributed by atoms with Crippen molar-refractivity contribution in [1.29, 1.82) is 0 Å². The van der Waals surface area contributed by atoms with Gasteiger partial charge in [0.1, 0.15) is 0 Å². The van der Waals surface area contributed by atoms with E-state index in [2.05, 4.69) is 26.0 Å². The minimum atomic E-state index is -0.534. The molecule has 2 N–H and O–H groups in total. The lowest BCUT2D eigenvalue weighted by atomic mass is 9.94. The predicted molar refractivity (Wildman–Crippen MR) is 87.8 cm³/mol. The first-order chi connectivity index (χ1) is 8.99. The van der Waals surface area contributed by atoms with Gasteiger partial charge in [0.15, 0.2) is 0 Å². The summed E-state index contributed by atoms with van der Waals surface area (Å²) < 4.78 is 0. The highest BCUT2D eigenvalue weighted by Gasteiger charge is 2.13. The van der Waals surface area contributed by atoms with E-state index in [-0.39, 0.29) is 0 Å². The van der Waals surface area contributed by atoms with Crippen molar-refractivity contribution in [1.82, 2.24) is 0 Å². The quantitative estimate of drug-likeness (QED) is 0.571. The topological polar surface area (TPSA) is 40.5 Å². The van der Waals surface area contributed by atoms with Crippen LogP contribution in [0.4, 0.5) is 0 Å². The van der Waals surface area contributed by atoms with Crippen molar-refractivity contribution in [3.63, 3.8) is 0 Å². The Morgan fingerprint density at radius 1 is 0.750 bits per heavy atom. The lowest BCUT2D eigenvalue weighted by Crippen LogP contribution is -2.18. The van der Waals surface area contributed by atoms with Gasteiger partial charge >= 0.3 is 0 Å². The molecule has 0 aromatic heterocycles. The van der Waals surface area contributed by atoms with Crippen LogP contribution in [0.1, 0.15) is 80.1 Å². The first-order valence-corrected chi connectivity index (χ1v) is 8.13. The van der Waals surface area contributed by atoms with E-state index >= 15 is 0 Å². The molecule has 2 atom stereocenters. The molecule has 0 spiro atoms. The van der Waals surface area contributed by atoms with E-state index in [1.54, 1.807) is 0 Å². The number of rotatable bonds is 10. The summed E-state index contributed by atoms with van der Waals surface area (Å²) >= 11 is 0. The van der Waals surface area contributed by atoms with E-state index in [0.717, 1.165) is 38.5 Å². The Kier molecular flexibility index (Phi) is 8.69. The lowest BCUT2D eigenvalue weighted by Gasteiger charge is -2.18. The molecule has 2 unspecified atom stereocenters. The Morgan fingerprint density at radius 2 is 1.05 bits per heavy atom. The minimum absolute atomic E-state index is 0.534. The van der Waals surface area contributed by atoms with Crippen molar-refractivity contribution in [2.24, 2.45) is 11.8 Å². The van der Waals surface area contributed by atoms with Crippen LogP contribution in [0.3, 0.4) is 0 Å². The molecule has 0 rings (SSSR count). The summed E-state index contributed by atoms with van der Waals surface area (Å²) in [6.07, 6.45) is 10.8. The van der Waals surface area contributed by atoms with E-state index in [0.29, 0.717) is 11.8 Å². The normalized spacial score (nSPS) is 16.6. The average molecular weight is 284 g/mol. The minimum Gasteiger partial charge on any atom is -0.390 e. The first kappa shape index (κ1) is 19.7. The van der Waals surface area contributed by atoms with E-state index in [9.17, 15) is 10.2 Å². The van der Waals surface area contributed by atoms with Crippen LogP contribution in [-0.4, -0.2) is 21.4 Å². The van der Waals surface area contributed by atoms with Gasteiger partial charge in [0.05, 0.1) is 11.2 Å². The van der Waals surface area contributed by atoms with Gasteiger partial charge in [-0.15, -0.1) is 0 Å². The fourth-order valence-electron chi connectivity index (χ4n) is 2.29. The van der Waals surface area contributed by atoms with Crippen LogP contribution in [0.2, 0.25) is 0 Å². The molecule has 0 aliphatic rings. The highest BCUT2D eigenvalue weighted by atomic mass is 16.3. The molecule has 0 amide bonds. The molecule has 0 aliphatic carbocycles. The largest absolute Gasteiger partial charge is 0.390 e. The van der Waals surface area contributed by atoms with Gasteiger partial charge < -0.3 is 10.2 Å². The molecule has 0 radical (unpaired) electrons. The van der Waals surface area contributed by atoms with Crippen LogP contribution in [0.15, 0.2) is 12.2 Å². The maximum absolute atomic E-state index is 9.67. The molecule has 2 heteroatoms. The molecule has 120 valence electrons. The second-order valence-electron chi connectivity index (χ2n) is 7.75. The van der Waals surface area contributed by atoms with Crippen molar-refractivity contribution in [3.8, 4) is 0 Å². The summed E-state index contributed by atoms with van der Waals surface area (Å²) in [5.41, 5.74) is -1.07. The predicted octanol–water partition coefficient (Wildman–Crippen LogP) is 4.70. The maximum Gasteiger partial charge on any atom is 0.0591 e. The Labute approximate surface area is 126 Å². The summed E-state index contributed by atoms with van der Waals surface area (Å²) in [6, 6.07) is 0. The second kappa shape index (κ2) is 8.84. The van der Waals surface area contributed by atoms with Crippen molar-refractivity contribution < 1.29 is 10.2 Å². The van der Waals surface area contributed by atoms with Gasteiger partial charge in [-0.25, -0.2) is 0 Å². The number of hydrogen-bond donors (Lipinski definition) is 2. The Hall–Kier alpha value is -0.340. The molecule has 0 saturated heterocycles. The second-order valence-corrected chi connectivity index (χ2v) is 7.75. The summed E-state index contributed by atoms with van der Waals surface area (Å²) in [5, 5.41) is 19.3. The molecule has 0 fully saturated rings. The third kappa shape index (κ3) is 14.1. The van der Waals surface area contributed by atoms with E-state index < -0.39 is 11.2 Å². The molecule has 0 heterocycles. The zero-order valence-electron chi connectivity index (χ0n) is 14.4. The highest BCUT2D eigenvalue weighted by molar-refractivity contribution is 4.90. The third-order valence-electron chi connectivity index (χ3n) is 3.66. The summed E-state index contributed by atoms with van der Waals surface area (Å²) in [4.78, 5) is 0. The standard InChI is InChI=1S/C18H36O2/c1-15(9-7-13-17(3,4)19)11-12-16(2)10-8-14-18(5,6)20/h11-12,15-16,19-20H,7-10,13-14H2,1-6H3. The molecular formula is C18H36O2. The van der Waals surface area contributed by atoms with E-state index in [1.165, 1.54) is 0 Å². The lowest BCUT2D eigenvalue weighted by molar-refractivity contribution is 0.0667. The fraction of sp³-hybridized carbons (Fsp3) is 0.889. The van der Waals surface area contributed by atoms with Crippen LogP contribution in [0, 0.1) is 11.8 Å². The molecule has 0 aromatic rings. The molecular weight excluding hydrogens is 248 g/mol. The van der Waals surface area contributed by atoms with Crippen molar-refractivity contribution in [3.05, 3.63) is 12.2 Å². The van der Waals surface area contributed by atoms with Gasteiger partial charge in [0, 0.05) is 0 Å². The van der Waals surface area contributed by atoms with Gasteiger partial charge in [-0.1, -0.05) is 38.8 Å². The van der Waals surface area contributed by atoms with Crippen molar-refractivity contribution >= 4 is 0 Å². The summed E-state index contributed by atoms with van der Waals surface area (Å²) in [7, 11) is 0. The Morgan fingerprint density at radius 3 is 1.30 bits per heavy atom. The molecule has 20 heavy (non-hydrogen) atoms. The number of hydrogen-bond acceptors (Lipinski definition) is 2. The Bertz CT molecular complexity index is 240. The monoisotopic (exact) mass is 284 g/mol. The van der Waals surface area contributed by atoms with Gasteiger partial charge in [-0.2, -0.15) is 0 Å². The SMILES string of the molecule is CC(C=CC(C)CCCC(C)(C)O)CCCC(C)(C)O. The Balaban J connectivity index is 3.80. The van der Waals surface area contributed by atoms with Gasteiger partial charge in [0.25, 0.3) is 0 Å². The maximum atomic E-state index is 9.67. The molecule has 0 aliphatic heterocycles. The van der Waals surface area contributed by atoms with Crippen molar-refractivity contribution in [2.45, 2.75) is 91.3 Å². The van der Waals surface area contributed by atoms with Gasteiger partial charge in [-0.3, -0.25) is 0 Å². The van der Waals surface area contributed by atoms with Crippen LogP contribution in [-0.2, 0) is 0 Å². The summed E-state index contributed by atoms with van der Waals surface area (Å²) in [6.45, 7) is 12.0. The van der Waals surface area contributed by atoms with Gasteiger partial charge in [0.2, 0.25) is 0 Å². The molecule has 0 saturated carbocycles. The number of allylic oxidation sites excluding steroid dienone is 2.